The second kappa shape index (κ2) is 7.11. The van der Waals surface area contributed by atoms with Crippen LogP contribution >= 0.6 is 0 Å². The highest BCUT2D eigenvalue weighted by atomic mass is 16.5. The predicted molar refractivity (Wildman–Crippen MR) is 103 cm³/mol. The maximum atomic E-state index is 5.47. The van der Waals surface area contributed by atoms with E-state index in [0.717, 1.165) is 38.7 Å². The Morgan fingerprint density at radius 1 is 1.04 bits per heavy atom. The Labute approximate surface area is 148 Å². The predicted octanol–water partition coefficient (Wildman–Crippen LogP) is 3.71. The summed E-state index contributed by atoms with van der Waals surface area (Å²) in [6.45, 7) is 4.33. The lowest BCUT2D eigenvalue weighted by Gasteiger charge is -2.29. The second-order valence-corrected chi connectivity index (χ2v) is 6.48. The van der Waals surface area contributed by atoms with Crippen molar-refractivity contribution in [1.82, 2.24) is 4.98 Å². The van der Waals surface area contributed by atoms with Gasteiger partial charge >= 0.3 is 0 Å². The molecule has 0 atom stereocenters. The lowest BCUT2D eigenvalue weighted by atomic mass is 10.1. The molecule has 1 aliphatic rings. The molecule has 4 rings (SSSR count). The van der Waals surface area contributed by atoms with Crippen molar-refractivity contribution >= 4 is 22.3 Å². The van der Waals surface area contributed by atoms with Crippen LogP contribution in [0.25, 0.3) is 10.8 Å². The van der Waals surface area contributed by atoms with E-state index in [1.807, 2.05) is 12.3 Å². The van der Waals surface area contributed by atoms with Gasteiger partial charge in [0.05, 0.1) is 13.2 Å². The van der Waals surface area contributed by atoms with Crippen molar-refractivity contribution in [2.75, 3.05) is 43.2 Å². The van der Waals surface area contributed by atoms with Crippen LogP contribution in [0.2, 0.25) is 0 Å². The molecule has 0 bridgehead atoms. The highest BCUT2D eigenvalue weighted by Gasteiger charge is 2.14. The van der Waals surface area contributed by atoms with Crippen molar-refractivity contribution in [2.24, 2.45) is 0 Å². The van der Waals surface area contributed by atoms with Crippen LogP contribution in [0.1, 0.15) is 5.56 Å². The van der Waals surface area contributed by atoms with E-state index >= 15 is 0 Å². The molecule has 3 aromatic rings. The molecule has 2 aromatic carbocycles. The van der Waals surface area contributed by atoms with Gasteiger partial charge in [-0.15, -0.1) is 0 Å². The Bertz CT molecular complexity index is 844. The molecule has 0 unspecified atom stereocenters. The molecule has 0 N–H and O–H groups in total. The van der Waals surface area contributed by atoms with Crippen molar-refractivity contribution in [2.45, 2.75) is 6.54 Å². The van der Waals surface area contributed by atoms with Crippen LogP contribution in [0.15, 0.2) is 60.8 Å². The Morgan fingerprint density at radius 3 is 2.64 bits per heavy atom. The average Bonchev–Trinajstić information content (AvgIpc) is 2.68. The summed E-state index contributed by atoms with van der Waals surface area (Å²) < 4.78 is 5.47. The van der Waals surface area contributed by atoms with E-state index in [4.69, 9.17) is 4.74 Å². The maximum absolute atomic E-state index is 5.47. The third-order valence-electron chi connectivity index (χ3n) is 4.73. The number of ether oxygens (including phenoxy) is 1. The van der Waals surface area contributed by atoms with Crippen LogP contribution in [0, 0.1) is 0 Å². The van der Waals surface area contributed by atoms with Gasteiger partial charge in [0.15, 0.2) is 0 Å². The van der Waals surface area contributed by atoms with E-state index in [2.05, 4.69) is 70.4 Å². The van der Waals surface area contributed by atoms with Crippen LogP contribution in [0.3, 0.4) is 0 Å². The minimum Gasteiger partial charge on any atom is -0.378 e. The number of rotatable bonds is 4. The zero-order valence-corrected chi connectivity index (χ0v) is 14.6. The molecule has 1 fully saturated rings. The molecule has 1 aliphatic heterocycles. The van der Waals surface area contributed by atoms with Crippen LogP contribution in [0.4, 0.5) is 11.5 Å². The first kappa shape index (κ1) is 15.9. The van der Waals surface area contributed by atoms with Crippen LogP contribution < -0.4 is 9.80 Å². The minimum absolute atomic E-state index is 0.797. The van der Waals surface area contributed by atoms with E-state index in [-0.39, 0.29) is 0 Å². The van der Waals surface area contributed by atoms with E-state index in [1.54, 1.807) is 0 Å². The van der Waals surface area contributed by atoms with E-state index < -0.39 is 0 Å². The largest absolute Gasteiger partial charge is 0.378 e. The van der Waals surface area contributed by atoms with Gasteiger partial charge in [0.25, 0.3) is 0 Å². The number of hydrogen-bond donors (Lipinski definition) is 0. The molecule has 0 radical (unpaired) electrons. The Morgan fingerprint density at radius 2 is 1.84 bits per heavy atom. The Kier molecular flexibility index (Phi) is 4.53. The molecule has 4 nitrogen and oxygen atoms in total. The van der Waals surface area contributed by atoms with Gasteiger partial charge in [-0.1, -0.05) is 36.4 Å². The van der Waals surface area contributed by atoms with Gasteiger partial charge in [-0.25, -0.2) is 4.98 Å². The van der Waals surface area contributed by atoms with Gasteiger partial charge in [0.1, 0.15) is 5.82 Å². The smallest absolute Gasteiger partial charge is 0.136 e. The number of nitrogens with zero attached hydrogens (tertiary/aromatic N) is 3. The van der Waals surface area contributed by atoms with Crippen LogP contribution in [-0.2, 0) is 11.3 Å². The topological polar surface area (TPSA) is 28.6 Å². The number of fused-ring (bicyclic) bond motifs is 1. The summed E-state index contributed by atoms with van der Waals surface area (Å²) in [4.78, 5) is 9.28. The van der Waals surface area contributed by atoms with Gasteiger partial charge < -0.3 is 14.5 Å². The third kappa shape index (κ3) is 3.44. The lowest BCUT2D eigenvalue weighted by Crippen LogP contribution is -2.36. The third-order valence-corrected chi connectivity index (χ3v) is 4.73. The van der Waals surface area contributed by atoms with Gasteiger partial charge in [0.2, 0.25) is 0 Å². The molecule has 25 heavy (non-hydrogen) atoms. The molecular weight excluding hydrogens is 310 g/mol. The minimum atomic E-state index is 0.797. The van der Waals surface area contributed by atoms with Crippen molar-refractivity contribution in [3.63, 3.8) is 0 Å². The normalized spacial score (nSPS) is 14.7. The number of anilines is 2. The fourth-order valence-corrected chi connectivity index (χ4v) is 3.40. The van der Waals surface area contributed by atoms with E-state index in [0.29, 0.717) is 0 Å². The molecule has 4 heteroatoms. The molecule has 1 saturated heterocycles. The second-order valence-electron chi connectivity index (χ2n) is 6.48. The summed E-state index contributed by atoms with van der Waals surface area (Å²) in [5.74, 6) is 1.02. The van der Waals surface area contributed by atoms with Crippen LogP contribution in [-0.4, -0.2) is 38.3 Å². The molecular formula is C21H23N3O. The molecule has 0 spiro atoms. The highest BCUT2D eigenvalue weighted by Crippen LogP contribution is 2.29. The number of hydrogen-bond acceptors (Lipinski definition) is 4. The summed E-state index contributed by atoms with van der Waals surface area (Å²) in [7, 11) is 2.11. The Balaban J connectivity index is 1.67. The average molecular weight is 333 g/mol. The molecule has 128 valence electrons. The monoisotopic (exact) mass is 333 g/mol. The molecule has 0 saturated carbocycles. The molecule has 1 aromatic heterocycles. The molecule has 0 amide bonds. The Hall–Kier alpha value is -2.59. The number of aromatic nitrogens is 1. The standard InChI is InChI=1S/C21H23N3O/c1-23(16-17-5-3-2-4-6-17)21-20-15-19(24-11-13-25-14-12-24)8-7-18(20)9-10-22-21/h2-10,15H,11-14,16H2,1H3. The summed E-state index contributed by atoms with van der Waals surface area (Å²) in [5, 5.41) is 2.42. The van der Waals surface area contributed by atoms with Crippen molar-refractivity contribution in [1.29, 1.82) is 0 Å². The lowest BCUT2D eigenvalue weighted by molar-refractivity contribution is 0.122. The van der Waals surface area contributed by atoms with Crippen LogP contribution in [0.5, 0.6) is 0 Å². The van der Waals surface area contributed by atoms with Crippen molar-refractivity contribution in [3.05, 3.63) is 66.4 Å². The van der Waals surface area contributed by atoms with E-state index in [1.165, 1.54) is 22.0 Å². The number of morpholine rings is 1. The SMILES string of the molecule is CN(Cc1ccccc1)c1nccc2ccc(N3CCOCC3)cc12. The first-order valence-electron chi connectivity index (χ1n) is 8.78. The van der Waals surface area contributed by atoms with Gasteiger partial charge in [-0.05, 0) is 29.1 Å². The first-order chi connectivity index (χ1) is 12.3. The van der Waals surface area contributed by atoms with Crippen molar-refractivity contribution in [3.8, 4) is 0 Å². The zero-order valence-electron chi connectivity index (χ0n) is 14.6. The summed E-state index contributed by atoms with van der Waals surface area (Å²) in [6.07, 6.45) is 1.90. The van der Waals surface area contributed by atoms with E-state index in [9.17, 15) is 0 Å². The molecule has 0 aliphatic carbocycles. The van der Waals surface area contributed by atoms with Crippen molar-refractivity contribution < 1.29 is 4.74 Å². The summed E-state index contributed by atoms with van der Waals surface area (Å²) in [6, 6.07) is 19.3. The number of pyridine rings is 1. The van der Waals surface area contributed by atoms with Gasteiger partial charge in [-0.2, -0.15) is 0 Å². The first-order valence-corrected chi connectivity index (χ1v) is 8.78. The highest BCUT2D eigenvalue weighted by molar-refractivity contribution is 5.94. The fraction of sp³-hybridized carbons (Fsp3) is 0.286. The zero-order chi connectivity index (χ0) is 17.1. The fourth-order valence-electron chi connectivity index (χ4n) is 3.40. The van der Waals surface area contributed by atoms with Gasteiger partial charge in [0, 0.05) is 44.0 Å². The number of benzene rings is 2. The molecule has 2 heterocycles. The maximum Gasteiger partial charge on any atom is 0.136 e. The quantitative estimate of drug-likeness (QED) is 0.728. The summed E-state index contributed by atoms with van der Waals surface area (Å²) >= 11 is 0. The van der Waals surface area contributed by atoms with Gasteiger partial charge in [-0.3, -0.25) is 0 Å². The summed E-state index contributed by atoms with van der Waals surface area (Å²) in [5.41, 5.74) is 2.53.